The highest BCUT2D eigenvalue weighted by molar-refractivity contribution is 6.27. The van der Waals surface area contributed by atoms with E-state index in [1.807, 2.05) is 0 Å². The van der Waals surface area contributed by atoms with Gasteiger partial charge in [0.15, 0.2) is 5.78 Å². The molecule has 0 bridgehead atoms. The first kappa shape index (κ1) is 9.72. The Labute approximate surface area is 96.5 Å². The third-order valence-electron chi connectivity index (χ3n) is 2.76. The van der Waals surface area contributed by atoms with Gasteiger partial charge in [-0.2, -0.15) is 0 Å². The van der Waals surface area contributed by atoms with E-state index in [0.717, 1.165) is 0 Å². The van der Waals surface area contributed by atoms with Gasteiger partial charge in [-0.3, -0.25) is 14.6 Å². The Balaban J connectivity index is 2.33. The molecule has 4 heteroatoms. The lowest BCUT2D eigenvalue weighted by atomic mass is 9.87. The SMILES string of the molecule is O=C1c2ccc(O)cc2C(=O)c2ncccc21. The number of aromatic nitrogens is 1. The molecule has 0 aliphatic heterocycles. The molecule has 0 saturated carbocycles. The maximum atomic E-state index is 12.1. The molecule has 0 amide bonds. The van der Waals surface area contributed by atoms with E-state index in [1.54, 1.807) is 12.1 Å². The molecule has 1 aliphatic rings. The monoisotopic (exact) mass is 225 g/mol. The Morgan fingerprint density at radius 1 is 0.941 bits per heavy atom. The summed E-state index contributed by atoms with van der Waals surface area (Å²) in [5, 5.41) is 9.36. The molecule has 1 aromatic carbocycles. The second-order valence-electron chi connectivity index (χ2n) is 3.79. The van der Waals surface area contributed by atoms with Gasteiger partial charge in [0, 0.05) is 17.3 Å². The normalized spacial score (nSPS) is 13.2. The van der Waals surface area contributed by atoms with E-state index >= 15 is 0 Å². The van der Waals surface area contributed by atoms with Crippen LogP contribution < -0.4 is 0 Å². The van der Waals surface area contributed by atoms with Crippen molar-refractivity contribution in [1.82, 2.24) is 4.98 Å². The van der Waals surface area contributed by atoms with Gasteiger partial charge in [-0.25, -0.2) is 0 Å². The number of nitrogens with zero attached hydrogens (tertiary/aromatic N) is 1. The number of aromatic hydroxyl groups is 1. The summed E-state index contributed by atoms with van der Waals surface area (Å²) in [5.74, 6) is -0.599. The quantitative estimate of drug-likeness (QED) is 0.630. The van der Waals surface area contributed by atoms with Crippen molar-refractivity contribution in [2.24, 2.45) is 0 Å². The van der Waals surface area contributed by atoms with Gasteiger partial charge >= 0.3 is 0 Å². The molecule has 0 radical (unpaired) electrons. The van der Waals surface area contributed by atoms with Gasteiger partial charge in [-0.05, 0) is 30.3 Å². The fourth-order valence-corrected chi connectivity index (χ4v) is 1.96. The van der Waals surface area contributed by atoms with Crippen molar-refractivity contribution in [3.8, 4) is 5.75 Å². The molecule has 0 unspecified atom stereocenters. The molecule has 1 N–H and O–H groups in total. The van der Waals surface area contributed by atoms with Crippen LogP contribution in [0.25, 0.3) is 0 Å². The summed E-state index contributed by atoms with van der Waals surface area (Å²) < 4.78 is 0. The number of carbonyl (C=O) groups is 2. The number of phenolic OH excluding ortho intramolecular Hbond substituents is 1. The zero-order valence-electron chi connectivity index (χ0n) is 8.68. The number of ketones is 2. The van der Waals surface area contributed by atoms with E-state index in [4.69, 9.17) is 0 Å². The Morgan fingerprint density at radius 3 is 2.59 bits per heavy atom. The van der Waals surface area contributed by atoms with Crippen molar-refractivity contribution in [3.63, 3.8) is 0 Å². The summed E-state index contributed by atoms with van der Waals surface area (Å²) in [6.07, 6.45) is 1.47. The van der Waals surface area contributed by atoms with Crippen LogP contribution >= 0.6 is 0 Å². The van der Waals surface area contributed by atoms with Crippen molar-refractivity contribution in [1.29, 1.82) is 0 Å². The lowest BCUT2D eigenvalue weighted by molar-refractivity contribution is 0.0975. The van der Waals surface area contributed by atoms with Crippen LogP contribution in [0.5, 0.6) is 5.75 Å². The fourth-order valence-electron chi connectivity index (χ4n) is 1.96. The highest BCUT2D eigenvalue weighted by Crippen LogP contribution is 2.27. The molecule has 82 valence electrons. The number of hydrogen-bond acceptors (Lipinski definition) is 4. The smallest absolute Gasteiger partial charge is 0.212 e. The highest BCUT2D eigenvalue weighted by atomic mass is 16.3. The van der Waals surface area contributed by atoms with Gasteiger partial charge in [-0.1, -0.05) is 0 Å². The van der Waals surface area contributed by atoms with Gasteiger partial charge in [0.1, 0.15) is 11.4 Å². The first-order valence-corrected chi connectivity index (χ1v) is 5.06. The first-order chi connectivity index (χ1) is 8.18. The van der Waals surface area contributed by atoms with Crippen molar-refractivity contribution in [2.45, 2.75) is 0 Å². The Kier molecular flexibility index (Phi) is 1.86. The van der Waals surface area contributed by atoms with E-state index < -0.39 is 0 Å². The Bertz CT molecular complexity index is 661. The van der Waals surface area contributed by atoms with Crippen molar-refractivity contribution in [2.75, 3.05) is 0 Å². The zero-order chi connectivity index (χ0) is 12.0. The van der Waals surface area contributed by atoms with E-state index in [0.29, 0.717) is 11.1 Å². The minimum Gasteiger partial charge on any atom is -0.508 e. The topological polar surface area (TPSA) is 67.3 Å². The number of pyridine rings is 1. The average molecular weight is 225 g/mol. The molecule has 4 nitrogen and oxygen atoms in total. The molecular weight excluding hydrogens is 218 g/mol. The van der Waals surface area contributed by atoms with Crippen LogP contribution in [-0.2, 0) is 0 Å². The molecule has 0 fully saturated rings. The summed E-state index contributed by atoms with van der Waals surface area (Å²) in [5.41, 5.74) is 0.987. The second kappa shape index (κ2) is 3.25. The van der Waals surface area contributed by atoms with Gasteiger partial charge in [0.05, 0.1) is 5.56 Å². The maximum absolute atomic E-state index is 12.1. The van der Waals surface area contributed by atoms with Gasteiger partial charge < -0.3 is 5.11 Å². The number of hydrogen-bond donors (Lipinski definition) is 1. The van der Waals surface area contributed by atoms with E-state index in [-0.39, 0.29) is 28.6 Å². The average Bonchev–Trinajstić information content (AvgIpc) is 2.36. The van der Waals surface area contributed by atoms with E-state index in [9.17, 15) is 14.7 Å². The molecule has 1 aliphatic carbocycles. The predicted molar refractivity (Wildman–Crippen MR) is 59.2 cm³/mol. The highest BCUT2D eigenvalue weighted by Gasteiger charge is 2.30. The van der Waals surface area contributed by atoms with E-state index in [1.165, 1.54) is 24.4 Å². The lowest BCUT2D eigenvalue weighted by Gasteiger charge is -2.15. The molecule has 1 aromatic heterocycles. The van der Waals surface area contributed by atoms with Crippen molar-refractivity contribution >= 4 is 11.6 Å². The lowest BCUT2D eigenvalue weighted by Crippen LogP contribution is -2.21. The summed E-state index contributed by atoms with van der Waals surface area (Å²) in [6, 6.07) is 7.35. The number of phenols is 1. The maximum Gasteiger partial charge on any atom is 0.212 e. The van der Waals surface area contributed by atoms with Crippen LogP contribution in [0.3, 0.4) is 0 Å². The van der Waals surface area contributed by atoms with Crippen LogP contribution in [0.2, 0.25) is 0 Å². The van der Waals surface area contributed by atoms with Crippen molar-refractivity contribution in [3.05, 3.63) is 58.9 Å². The van der Waals surface area contributed by atoms with Crippen LogP contribution in [-0.4, -0.2) is 21.7 Å². The summed E-state index contributed by atoms with van der Waals surface area (Å²) in [6.45, 7) is 0. The van der Waals surface area contributed by atoms with Gasteiger partial charge in [-0.15, -0.1) is 0 Å². The summed E-state index contributed by atoms with van der Waals surface area (Å²) >= 11 is 0. The molecule has 0 spiro atoms. The zero-order valence-corrected chi connectivity index (χ0v) is 8.68. The fraction of sp³-hybridized carbons (Fsp3) is 0. The Morgan fingerprint density at radius 2 is 1.76 bits per heavy atom. The second-order valence-corrected chi connectivity index (χ2v) is 3.79. The van der Waals surface area contributed by atoms with Crippen LogP contribution in [0.15, 0.2) is 36.5 Å². The minimum absolute atomic E-state index is 0.0377. The first-order valence-electron chi connectivity index (χ1n) is 5.06. The minimum atomic E-state index is -0.328. The Hall–Kier alpha value is -2.49. The number of benzene rings is 1. The molecule has 2 aromatic rings. The summed E-state index contributed by atoms with van der Waals surface area (Å²) in [4.78, 5) is 28.1. The molecule has 3 rings (SSSR count). The van der Waals surface area contributed by atoms with Gasteiger partial charge in [0.2, 0.25) is 5.78 Å². The van der Waals surface area contributed by atoms with Crippen LogP contribution in [0.4, 0.5) is 0 Å². The van der Waals surface area contributed by atoms with E-state index in [2.05, 4.69) is 4.98 Å². The van der Waals surface area contributed by atoms with Crippen molar-refractivity contribution < 1.29 is 14.7 Å². The summed E-state index contributed by atoms with van der Waals surface area (Å²) in [7, 11) is 0. The molecular formula is C13H7NO3. The number of carbonyl (C=O) groups excluding carboxylic acids is 2. The number of rotatable bonds is 0. The third kappa shape index (κ3) is 1.27. The van der Waals surface area contributed by atoms with Crippen LogP contribution in [0, 0.1) is 0 Å². The predicted octanol–water partition coefficient (Wildman–Crippen LogP) is 1.56. The molecule has 17 heavy (non-hydrogen) atoms. The van der Waals surface area contributed by atoms with Crippen LogP contribution in [0.1, 0.15) is 32.0 Å². The molecule has 0 atom stereocenters. The standard InChI is InChI=1S/C13H7NO3/c15-7-3-4-8-10(6-7)13(17)11-9(12(8)16)2-1-5-14-11/h1-6,15H. The molecule has 1 heterocycles. The largest absolute Gasteiger partial charge is 0.508 e. The number of fused-ring (bicyclic) bond motifs is 2. The van der Waals surface area contributed by atoms with Gasteiger partial charge in [0.25, 0.3) is 0 Å². The third-order valence-corrected chi connectivity index (χ3v) is 2.76. The molecule has 0 saturated heterocycles.